The normalized spacial score (nSPS) is 13.6. The third-order valence-corrected chi connectivity index (χ3v) is 4.31. The molecule has 4 nitrogen and oxygen atoms in total. The van der Waals surface area contributed by atoms with Crippen LogP contribution in [0.15, 0.2) is 5.38 Å². The number of carbonyl (C=O) groups is 1. The van der Waals surface area contributed by atoms with E-state index < -0.39 is 0 Å². The first kappa shape index (κ1) is 17.1. The standard InChI is InChI=1S/C15H27N3OS/c1-10(2)7-12(13(19)16-6)17-8-11-9-20-14(18-11)15(3,4)5/h9-10,12,17H,7-8H2,1-6H3,(H,16,19). The van der Waals surface area contributed by atoms with Gasteiger partial charge in [0.1, 0.15) is 0 Å². The Bertz CT molecular complexity index is 435. The molecule has 114 valence electrons. The lowest BCUT2D eigenvalue weighted by Gasteiger charge is -2.18. The van der Waals surface area contributed by atoms with Crippen molar-refractivity contribution < 1.29 is 4.79 Å². The zero-order valence-electron chi connectivity index (χ0n) is 13.4. The summed E-state index contributed by atoms with van der Waals surface area (Å²) in [5.41, 5.74) is 1.10. The number of hydrogen-bond donors (Lipinski definition) is 2. The van der Waals surface area contributed by atoms with Gasteiger partial charge in [-0.3, -0.25) is 4.79 Å². The van der Waals surface area contributed by atoms with E-state index in [0.717, 1.165) is 17.1 Å². The smallest absolute Gasteiger partial charge is 0.236 e. The number of nitrogens with one attached hydrogen (secondary N) is 2. The van der Waals surface area contributed by atoms with Crippen LogP contribution in [0.1, 0.15) is 51.7 Å². The lowest BCUT2D eigenvalue weighted by molar-refractivity contribution is -0.123. The molecule has 1 unspecified atom stereocenters. The molecule has 1 aromatic rings. The summed E-state index contributed by atoms with van der Waals surface area (Å²) in [7, 11) is 1.68. The molecule has 0 fully saturated rings. The first-order valence-corrected chi connectivity index (χ1v) is 8.02. The molecule has 0 saturated heterocycles. The van der Waals surface area contributed by atoms with Gasteiger partial charge in [0, 0.05) is 24.4 Å². The number of likely N-dealkylation sites (N-methyl/N-ethyl adjacent to an activating group) is 1. The van der Waals surface area contributed by atoms with Gasteiger partial charge in [0.25, 0.3) is 0 Å². The summed E-state index contributed by atoms with van der Waals surface area (Å²) < 4.78 is 0. The van der Waals surface area contributed by atoms with Gasteiger partial charge < -0.3 is 10.6 Å². The minimum Gasteiger partial charge on any atom is -0.358 e. The molecular formula is C15H27N3OS. The van der Waals surface area contributed by atoms with Crippen molar-refractivity contribution in [2.24, 2.45) is 5.92 Å². The van der Waals surface area contributed by atoms with Gasteiger partial charge in [-0.1, -0.05) is 34.6 Å². The Balaban J connectivity index is 2.63. The molecule has 1 heterocycles. The minimum absolute atomic E-state index is 0.0463. The highest BCUT2D eigenvalue weighted by atomic mass is 32.1. The largest absolute Gasteiger partial charge is 0.358 e. The molecule has 1 aromatic heterocycles. The molecular weight excluding hydrogens is 270 g/mol. The van der Waals surface area contributed by atoms with Gasteiger partial charge in [0.05, 0.1) is 16.7 Å². The molecule has 0 aliphatic heterocycles. The zero-order chi connectivity index (χ0) is 15.3. The molecule has 1 atom stereocenters. The van der Waals surface area contributed by atoms with Crippen molar-refractivity contribution in [3.05, 3.63) is 16.1 Å². The lowest BCUT2D eigenvalue weighted by Crippen LogP contribution is -2.43. The van der Waals surface area contributed by atoms with Crippen LogP contribution in [0.25, 0.3) is 0 Å². The third-order valence-electron chi connectivity index (χ3n) is 2.99. The van der Waals surface area contributed by atoms with E-state index in [9.17, 15) is 4.79 Å². The van der Waals surface area contributed by atoms with E-state index in [1.807, 2.05) is 0 Å². The third kappa shape index (κ3) is 5.21. The maximum Gasteiger partial charge on any atom is 0.236 e. The Kier molecular flexibility index (Phi) is 6.14. The zero-order valence-corrected chi connectivity index (χ0v) is 14.2. The molecule has 2 N–H and O–H groups in total. The van der Waals surface area contributed by atoms with E-state index >= 15 is 0 Å². The molecule has 20 heavy (non-hydrogen) atoms. The maximum absolute atomic E-state index is 11.8. The molecule has 1 amide bonds. The highest BCUT2D eigenvalue weighted by Gasteiger charge is 2.20. The number of amides is 1. The predicted molar refractivity (Wildman–Crippen MR) is 85.0 cm³/mol. The lowest BCUT2D eigenvalue weighted by atomic mass is 9.98. The van der Waals surface area contributed by atoms with E-state index in [0.29, 0.717) is 12.5 Å². The minimum atomic E-state index is -0.153. The Labute approximate surface area is 126 Å². The van der Waals surface area contributed by atoms with E-state index in [1.54, 1.807) is 18.4 Å². The number of nitrogens with zero attached hydrogens (tertiary/aromatic N) is 1. The van der Waals surface area contributed by atoms with E-state index in [2.05, 4.69) is 55.6 Å². The van der Waals surface area contributed by atoms with Crippen LogP contribution < -0.4 is 10.6 Å². The summed E-state index contributed by atoms with van der Waals surface area (Å²) in [5, 5.41) is 9.24. The van der Waals surface area contributed by atoms with Gasteiger partial charge in [-0.25, -0.2) is 4.98 Å². The second kappa shape index (κ2) is 7.18. The number of thiazole rings is 1. The van der Waals surface area contributed by atoms with Crippen LogP contribution in [0.3, 0.4) is 0 Å². The molecule has 0 aromatic carbocycles. The molecule has 0 aliphatic carbocycles. The molecule has 0 bridgehead atoms. The summed E-state index contributed by atoms with van der Waals surface area (Å²) in [5.74, 6) is 0.523. The second-order valence-electron chi connectivity index (χ2n) is 6.57. The first-order chi connectivity index (χ1) is 9.24. The fraction of sp³-hybridized carbons (Fsp3) is 0.733. The van der Waals surface area contributed by atoms with Crippen LogP contribution in [0.5, 0.6) is 0 Å². The van der Waals surface area contributed by atoms with Crippen LogP contribution in [0.4, 0.5) is 0 Å². The van der Waals surface area contributed by atoms with Crippen molar-refractivity contribution in [1.29, 1.82) is 0 Å². The fourth-order valence-corrected chi connectivity index (χ4v) is 2.80. The molecule has 0 radical (unpaired) electrons. The molecule has 0 saturated carbocycles. The summed E-state index contributed by atoms with van der Waals surface area (Å²) in [6.45, 7) is 11.4. The van der Waals surface area contributed by atoms with E-state index in [4.69, 9.17) is 0 Å². The van der Waals surface area contributed by atoms with Crippen molar-refractivity contribution >= 4 is 17.2 Å². The average Bonchev–Trinajstić information content (AvgIpc) is 2.81. The molecule has 0 aliphatic rings. The van der Waals surface area contributed by atoms with Gasteiger partial charge in [0.2, 0.25) is 5.91 Å². The Morgan fingerprint density at radius 1 is 1.40 bits per heavy atom. The Hall–Kier alpha value is -0.940. The van der Waals surface area contributed by atoms with Crippen LogP contribution in [0.2, 0.25) is 0 Å². The van der Waals surface area contributed by atoms with Crippen LogP contribution >= 0.6 is 11.3 Å². The van der Waals surface area contributed by atoms with Crippen molar-refractivity contribution in [1.82, 2.24) is 15.6 Å². The summed E-state index contributed by atoms with van der Waals surface area (Å²) in [6, 6.07) is -0.153. The number of rotatable bonds is 6. The second-order valence-corrected chi connectivity index (χ2v) is 7.43. The van der Waals surface area contributed by atoms with Crippen molar-refractivity contribution in [2.75, 3.05) is 7.05 Å². The van der Waals surface area contributed by atoms with Crippen LogP contribution in [0, 0.1) is 5.92 Å². The SMILES string of the molecule is CNC(=O)C(CC(C)C)NCc1csc(C(C)(C)C)n1. The maximum atomic E-state index is 11.8. The van der Waals surface area contributed by atoms with Gasteiger partial charge in [0.15, 0.2) is 0 Å². The summed E-state index contributed by atoms with van der Waals surface area (Å²) >= 11 is 1.68. The van der Waals surface area contributed by atoms with Crippen LogP contribution in [-0.2, 0) is 16.8 Å². The van der Waals surface area contributed by atoms with Gasteiger partial charge in [-0.15, -0.1) is 11.3 Å². The van der Waals surface area contributed by atoms with Crippen molar-refractivity contribution in [3.8, 4) is 0 Å². The van der Waals surface area contributed by atoms with Crippen molar-refractivity contribution in [3.63, 3.8) is 0 Å². The summed E-state index contributed by atoms with van der Waals surface area (Å²) in [4.78, 5) is 16.5. The topological polar surface area (TPSA) is 54.0 Å². The van der Waals surface area contributed by atoms with Gasteiger partial charge in [-0.2, -0.15) is 0 Å². The quantitative estimate of drug-likeness (QED) is 0.849. The van der Waals surface area contributed by atoms with Gasteiger partial charge >= 0.3 is 0 Å². The summed E-state index contributed by atoms with van der Waals surface area (Å²) in [6.07, 6.45) is 0.829. The van der Waals surface area contributed by atoms with E-state index in [-0.39, 0.29) is 17.4 Å². The van der Waals surface area contributed by atoms with Crippen molar-refractivity contribution in [2.45, 2.75) is 59.0 Å². The average molecular weight is 297 g/mol. The number of hydrogen-bond acceptors (Lipinski definition) is 4. The highest BCUT2D eigenvalue weighted by molar-refractivity contribution is 7.09. The number of carbonyl (C=O) groups excluding carboxylic acids is 1. The Morgan fingerprint density at radius 3 is 2.50 bits per heavy atom. The van der Waals surface area contributed by atoms with Crippen LogP contribution in [-0.4, -0.2) is 24.0 Å². The predicted octanol–water partition coefficient (Wildman–Crippen LogP) is 2.69. The highest BCUT2D eigenvalue weighted by Crippen LogP contribution is 2.25. The van der Waals surface area contributed by atoms with Gasteiger partial charge in [-0.05, 0) is 12.3 Å². The fourth-order valence-electron chi connectivity index (χ4n) is 1.89. The number of aromatic nitrogens is 1. The Morgan fingerprint density at radius 2 is 2.05 bits per heavy atom. The molecule has 1 rings (SSSR count). The van der Waals surface area contributed by atoms with E-state index in [1.165, 1.54) is 0 Å². The molecule has 0 spiro atoms. The first-order valence-electron chi connectivity index (χ1n) is 7.14. The molecule has 5 heteroatoms. The monoisotopic (exact) mass is 297 g/mol.